The van der Waals surface area contributed by atoms with Gasteiger partial charge in [0.05, 0.1) is 83.3 Å². The Kier molecular flexibility index (Phi) is 24.5. The van der Waals surface area contributed by atoms with Crippen molar-refractivity contribution in [2.24, 2.45) is 11.5 Å². The highest BCUT2D eigenvalue weighted by Crippen LogP contribution is 2.42. The second-order valence-corrected chi connectivity index (χ2v) is 38.8. The average molecular weight is 1700 g/mol. The smallest absolute Gasteiger partial charge is 0.407 e. The first-order chi connectivity index (χ1) is 55.2. The van der Waals surface area contributed by atoms with Gasteiger partial charge in [-0.25, -0.2) is 70.0 Å². The molecule has 13 heterocycles. The van der Waals surface area contributed by atoms with E-state index >= 15 is 0 Å². The van der Waals surface area contributed by atoms with Crippen LogP contribution in [-0.2, 0) is 122 Å². The third kappa shape index (κ3) is 18.8. The van der Waals surface area contributed by atoms with Crippen molar-refractivity contribution in [3.05, 3.63) is 192 Å². The van der Waals surface area contributed by atoms with Crippen molar-refractivity contribution < 1.29 is 103 Å². The van der Waals surface area contributed by atoms with Crippen molar-refractivity contribution in [3.63, 3.8) is 0 Å². The van der Waals surface area contributed by atoms with E-state index in [0.717, 1.165) is 124 Å². The molecule has 10 aliphatic heterocycles. The van der Waals surface area contributed by atoms with Gasteiger partial charge >= 0.3 is 12.2 Å². The van der Waals surface area contributed by atoms with Crippen LogP contribution in [-0.4, -0.2) is 183 Å². The number of aromatic nitrogens is 6. The minimum atomic E-state index is -3.41. The molecule has 2 amide bonds. The van der Waals surface area contributed by atoms with Crippen LogP contribution in [0.25, 0.3) is 0 Å². The summed E-state index contributed by atoms with van der Waals surface area (Å²) in [6.45, 7) is 14.2. The van der Waals surface area contributed by atoms with Crippen LogP contribution in [0.15, 0.2) is 72.8 Å². The van der Waals surface area contributed by atoms with E-state index in [1.54, 1.807) is 41.5 Å². The highest BCUT2D eigenvalue weighted by atomic mass is 32.2. The van der Waals surface area contributed by atoms with Crippen LogP contribution in [0, 0.1) is 46.5 Å². The number of halogens is 8. The number of alkyl carbamates (subject to hydrolysis) is 2. The summed E-state index contributed by atoms with van der Waals surface area (Å²) in [7, 11) is -10.1. The Morgan fingerprint density at radius 3 is 1.09 bits per heavy atom. The summed E-state index contributed by atoms with van der Waals surface area (Å²) in [5.41, 5.74) is 18.9. The number of carbonyl (C=O) groups excluding carboxylic acids is 3. The first-order valence-electron chi connectivity index (χ1n) is 38.7. The average Bonchev–Trinajstić information content (AvgIpc) is 1.60. The second kappa shape index (κ2) is 33.7. The number of benzene rings is 4. The minimum absolute atomic E-state index is 0.00733. The summed E-state index contributed by atoms with van der Waals surface area (Å²) in [5.74, 6) is -4.49. The number of amides is 2. The maximum absolute atomic E-state index is 14.6. The van der Waals surface area contributed by atoms with Crippen molar-refractivity contribution in [2.75, 3.05) is 43.7 Å². The lowest BCUT2D eigenvalue weighted by molar-refractivity contribution is -0.133. The number of nitrogens with one attached hydrogen (secondary N) is 2. The number of hydrogen-bond acceptors (Lipinski definition) is 23. The third-order valence-electron chi connectivity index (χ3n) is 22.2. The lowest BCUT2D eigenvalue weighted by Crippen LogP contribution is -2.52. The molecule has 39 heteroatoms. The van der Waals surface area contributed by atoms with Gasteiger partial charge in [0.15, 0.2) is 5.78 Å². The van der Waals surface area contributed by atoms with Gasteiger partial charge in [0.25, 0.3) is 30.1 Å². The minimum Gasteiger partial charge on any atom is -0.444 e. The fraction of sp³-hybridized carbons (Fsp3) is 0.538. The molecule has 11 atom stereocenters. The molecule has 117 heavy (non-hydrogen) atoms. The Morgan fingerprint density at radius 2 is 0.752 bits per heavy atom. The molecule has 0 spiro atoms. The molecular formula is C78H93F8N13O15S3. The zero-order valence-corrected chi connectivity index (χ0v) is 67.5. The van der Waals surface area contributed by atoms with Gasteiger partial charge in [0.2, 0.25) is 0 Å². The van der Waals surface area contributed by atoms with Crippen LogP contribution < -0.4 is 22.1 Å². The van der Waals surface area contributed by atoms with Gasteiger partial charge in [-0.15, -0.1) is 0 Å². The molecule has 0 unspecified atom stereocenters. The lowest BCUT2D eigenvalue weighted by atomic mass is 9.92. The SMILES string of the molecule is CC(C)(C)OC(=O)N[C@H]1CC(=O)CO[C@@H]1c1cc(F)ccc1F.CC(C)(C)OC(=O)N[C@H]1C[C@@H](N2Cc3nn4c(c3C2)CCCS4(=O)=O)CO[C@@H]1c1cc(F)ccc1F.N[C@H]1C[C@@H](N2Cc3nn4c(c3C2)CCCS4(=O)=O)CO[C@@H]1c1cc(F)ccc1F.N[C@H]1C[C@@H](N2Cc3nn4c(c3C2)CCCS4(=O)=O)CO[C@@H]1c1cc(F)ccc1F. The van der Waals surface area contributed by atoms with Crippen LogP contribution in [0.4, 0.5) is 44.7 Å². The maximum Gasteiger partial charge on any atom is 0.407 e. The van der Waals surface area contributed by atoms with Crippen molar-refractivity contribution in [1.82, 2.24) is 52.9 Å². The number of ether oxygens (including phenoxy) is 6. The normalized spacial score (nSPS) is 26.5. The van der Waals surface area contributed by atoms with E-state index in [0.29, 0.717) is 110 Å². The Labute approximate surface area is 671 Å². The van der Waals surface area contributed by atoms with Crippen molar-refractivity contribution in [1.29, 1.82) is 0 Å². The van der Waals surface area contributed by atoms with Crippen molar-refractivity contribution >= 4 is 48.0 Å². The van der Waals surface area contributed by atoms with Gasteiger partial charge in [0, 0.05) is 115 Å². The molecule has 10 aliphatic rings. The van der Waals surface area contributed by atoms with Crippen LogP contribution in [0.2, 0.25) is 0 Å². The number of rotatable bonds is 9. The fourth-order valence-corrected chi connectivity index (χ4v) is 21.2. The Morgan fingerprint density at radius 1 is 0.444 bits per heavy atom. The number of carbonyl (C=O) groups is 3. The van der Waals surface area contributed by atoms with Gasteiger partial charge in [-0.2, -0.15) is 27.6 Å². The quantitative estimate of drug-likeness (QED) is 0.0980. The Balaban J connectivity index is 0.000000130. The zero-order chi connectivity index (χ0) is 83.7. The first kappa shape index (κ1) is 85.1. The molecule has 3 aromatic heterocycles. The molecule has 17 rings (SSSR count). The number of nitrogens with two attached hydrogens (primary N) is 2. The lowest BCUT2D eigenvalue weighted by Gasteiger charge is -2.40. The number of nitrogens with zero attached hydrogens (tertiary/aromatic N) is 9. The maximum atomic E-state index is 14.6. The number of fused-ring (bicyclic) bond motifs is 9. The highest BCUT2D eigenvalue weighted by molar-refractivity contribution is 7.90. The van der Waals surface area contributed by atoms with E-state index in [9.17, 15) is 74.8 Å². The molecular weight excluding hydrogens is 1610 g/mol. The summed E-state index contributed by atoms with van der Waals surface area (Å²) in [6.07, 6.45) is 0.679. The standard InChI is InChI=1S/C24H30F2N4O5S.2C19H22F2N4O3S.C16H19F2NO4/c1-24(2,3)35-23(31)27-19-10-15(13-34-22(19)16-9-14(25)6-7-18(16)26)29-11-17-20(12-29)28-30-21(17)5-4-8-36(30,32)33;2*20-11-3-4-15(21)13(6-11)19-16(22)7-12(10-28-19)24-8-14-17(9-24)23-25-18(14)2-1-5-29(25,26)27;1-16(2,3)23-15(21)19-13-7-10(20)8-22-14(13)11-6-9(17)4-5-12(11)18/h6-7,9,15,19,22H,4-5,8,10-13H2,1-3H3,(H,27,31);2*3-4,6,12,16,19H,1-2,5,7-10,22H2;4-6,13-14H,7-8H2,1-3H3,(H,19,21)/t15-,19+,22-;2*12-,16+,19-;13-,14+/m1110/s1. The molecule has 0 radical (unpaired) electrons. The van der Waals surface area contributed by atoms with Crippen molar-refractivity contribution in [3.8, 4) is 0 Å². The summed E-state index contributed by atoms with van der Waals surface area (Å²) in [5, 5.41) is 18.4. The molecule has 634 valence electrons. The molecule has 4 saturated heterocycles. The molecule has 6 N–H and O–H groups in total. The second-order valence-electron chi connectivity index (χ2n) is 33.0. The zero-order valence-electron chi connectivity index (χ0n) is 65.1. The number of hydrogen-bond donors (Lipinski definition) is 4. The fourth-order valence-electron chi connectivity index (χ4n) is 16.9. The van der Waals surface area contributed by atoms with E-state index in [1.807, 2.05) is 0 Å². The van der Waals surface area contributed by atoms with E-state index in [2.05, 4.69) is 40.6 Å². The molecule has 0 saturated carbocycles. The third-order valence-corrected chi connectivity index (χ3v) is 27.1. The Hall–Kier alpha value is -8.35. The molecule has 0 aliphatic carbocycles. The molecule has 4 fully saturated rings. The van der Waals surface area contributed by atoms with Gasteiger partial charge in [-0.3, -0.25) is 19.5 Å². The van der Waals surface area contributed by atoms with E-state index in [4.69, 9.17) is 39.9 Å². The van der Waals surface area contributed by atoms with E-state index in [1.165, 1.54) is 12.3 Å². The van der Waals surface area contributed by atoms with Crippen LogP contribution in [0.1, 0.15) is 184 Å². The predicted molar refractivity (Wildman–Crippen MR) is 404 cm³/mol. The summed E-state index contributed by atoms with van der Waals surface area (Å²) in [6, 6.07) is 10.1. The molecule has 28 nitrogen and oxygen atoms in total. The van der Waals surface area contributed by atoms with Gasteiger partial charge in [-0.05, 0) is 172 Å². The van der Waals surface area contributed by atoms with Crippen LogP contribution >= 0.6 is 0 Å². The first-order valence-corrected chi connectivity index (χ1v) is 43.5. The summed E-state index contributed by atoms with van der Waals surface area (Å²) < 4.78 is 222. The van der Waals surface area contributed by atoms with Gasteiger partial charge in [-0.1, -0.05) is 0 Å². The molecule has 0 bridgehead atoms. The number of Topliss-reactive ketones (excluding diaryl/α,β-unsaturated/α-hetero) is 1. The highest BCUT2D eigenvalue weighted by Gasteiger charge is 2.46. The van der Waals surface area contributed by atoms with Crippen LogP contribution in [0.3, 0.4) is 0 Å². The molecule has 7 aromatic rings. The predicted octanol–water partition coefficient (Wildman–Crippen LogP) is 8.83. The summed E-state index contributed by atoms with van der Waals surface area (Å²) in [4.78, 5) is 42.6. The topological polar surface area (TPSA) is 348 Å². The van der Waals surface area contributed by atoms with Gasteiger partial charge in [0.1, 0.15) is 88.8 Å². The van der Waals surface area contributed by atoms with Crippen molar-refractivity contribution in [2.45, 2.75) is 223 Å². The van der Waals surface area contributed by atoms with Gasteiger partial charge < -0.3 is 50.5 Å². The van der Waals surface area contributed by atoms with E-state index in [-0.39, 0.29) is 83.1 Å². The Bertz CT molecular complexity index is 5150. The number of ketones is 1. The summed E-state index contributed by atoms with van der Waals surface area (Å²) >= 11 is 0. The molecule has 4 aromatic carbocycles. The van der Waals surface area contributed by atoms with E-state index < -0.39 is 149 Å². The monoisotopic (exact) mass is 1700 g/mol. The largest absolute Gasteiger partial charge is 0.444 e. The van der Waals surface area contributed by atoms with Crippen LogP contribution in [0.5, 0.6) is 0 Å².